The summed E-state index contributed by atoms with van der Waals surface area (Å²) < 4.78 is 24.2. The van der Waals surface area contributed by atoms with E-state index in [0.29, 0.717) is 16.3 Å². The van der Waals surface area contributed by atoms with Gasteiger partial charge in [-0.1, -0.05) is 29.9 Å². The molecule has 0 aliphatic heterocycles. The van der Waals surface area contributed by atoms with Crippen molar-refractivity contribution in [1.82, 2.24) is 0 Å². The van der Waals surface area contributed by atoms with E-state index < -0.39 is 15.1 Å². The van der Waals surface area contributed by atoms with Gasteiger partial charge in [0.1, 0.15) is 0 Å². The molecule has 86 valence electrons. The van der Waals surface area contributed by atoms with Crippen LogP contribution in [0.2, 0.25) is 0 Å². The smallest absolute Gasteiger partial charge is 0.181 e. The van der Waals surface area contributed by atoms with E-state index in [1.165, 1.54) is 0 Å². The molecular formula is C11H13NO2S2. The summed E-state index contributed by atoms with van der Waals surface area (Å²) in [6.07, 6.45) is 0.561. The van der Waals surface area contributed by atoms with Gasteiger partial charge in [0.05, 0.1) is 15.1 Å². The molecule has 1 aromatic rings. The molecule has 0 heterocycles. The van der Waals surface area contributed by atoms with Crippen LogP contribution in [0.1, 0.15) is 12.0 Å². The first-order chi connectivity index (χ1) is 7.43. The summed E-state index contributed by atoms with van der Waals surface area (Å²) in [5.74, 6) is -0.138. The second kappa shape index (κ2) is 3.82. The van der Waals surface area contributed by atoms with Crippen molar-refractivity contribution in [2.45, 2.75) is 23.5 Å². The lowest BCUT2D eigenvalue weighted by molar-refractivity contribution is 0.594. The molecule has 3 nitrogen and oxygen atoms in total. The van der Waals surface area contributed by atoms with Gasteiger partial charge in [-0.15, -0.1) is 0 Å². The Morgan fingerprint density at radius 2 is 1.94 bits per heavy atom. The van der Waals surface area contributed by atoms with Crippen molar-refractivity contribution in [1.29, 1.82) is 0 Å². The van der Waals surface area contributed by atoms with Crippen molar-refractivity contribution < 1.29 is 8.42 Å². The van der Waals surface area contributed by atoms with Crippen molar-refractivity contribution in [3.05, 3.63) is 29.8 Å². The third-order valence-electron chi connectivity index (χ3n) is 2.85. The molecule has 2 atom stereocenters. The van der Waals surface area contributed by atoms with Crippen LogP contribution in [0.15, 0.2) is 29.2 Å². The van der Waals surface area contributed by atoms with Crippen molar-refractivity contribution in [2.75, 3.05) is 0 Å². The number of aryl methyl sites for hydroxylation is 1. The Hall–Kier alpha value is -0.940. The Kier molecular flexibility index (Phi) is 2.75. The summed E-state index contributed by atoms with van der Waals surface area (Å²) in [7, 11) is -3.24. The van der Waals surface area contributed by atoms with Crippen LogP contribution in [0.5, 0.6) is 0 Å². The van der Waals surface area contributed by atoms with Crippen LogP contribution in [-0.4, -0.2) is 18.7 Å². The van der Waals surface area contributed by atoms with Crippen LogP contribution < -0.4 is 5.73 Å². The molecule has 0 unspecified atom stereocenters. The molecule has 1 aliphatic rings. The van der Waals surface area contributed by atoms with Crippen molar-refractivity contribution in [2.24, 2.45) is 11.7 Å². The SMILES string of the molecule is Cc1ccc(S(=O)(=O)[C@H]2C[C@@H]2C(N)=S)cc1. The van der Waals surface area contributed by atoms with E-state index in [9.17, 15) is 8.42 Å². The maximum absolute atomic E-state index is 12.1. The van der Waals surface area contributed by atoms with E-state index in [2.05, 4.69) is 0 Å². The topological polar surface area (TPSA) is 60.2 Å². The summed E-state index contributed by atoms with van der Waals surface area (Å²) in [5.41, 5.74) is 6.50. The van der Waals surface area contributed by atoms with E-state index in [0.717, 1.165) is 5.56 Å². The predicted molar refractivity (Wildman–Crippen MR) is 67.0 cm³/mol. The van der Waals surface area contributed by atoms with Crippen LogP contribution in [-0.2, 0) is 9.84 Å². The van der Waals surface area contributed by atoms with Crippen molar-refractivity contribution in [3.63, 3.8) is 0 Å². The lowest BCUT2D eigenvalue weighted by Gasteiger charge is -2.03. The molecule has 1 saturated carbocycles. The normalized spacial score (nSPS) is 24.1. The van der Waals surface area contributed by atoms with Crippen LogP contribution >= 0.6 is 12.2 Å². The number of hydrogen-bond donors (Lipinski definition) is 1. The second-order valence-electron chi connectivity index (χ2n) is 4.14. The minimum absolute atomic E-state index is 0.138. The zero-order valence-electron chi connectivity index (χ0n) is 8.88. The minimum Gasteiger partial charge on any atom is -0.393 e. The number of benzene rings is 1. The molecule has 0 bridgehead atoms. The van der Waals surface area contributed by atoms with Crippen LogP contribution in [0.4, 0.5) is 0 Å². The highest BCUT2D eigenvalue weighted by molar-refractivity contribution is 7.92. The Morgan fingerprint density at radius 3 is 2.38 bits per heavy atom. The van der Waals surface area contributed by atoms with Crippen molar-refractivity contribution in [3.8, 4) is 0 Å². The van der Waals surface area contributed by atoms with Crippen LogP contribution in [0.25, 0.3) is 0 Å². The average molecular weight is 255 g/mol. The maximum Gasteiger partial charge on any atom is 0.181 e. The molecule has 0 spiro atoms. The first kappa shape index (κ1) is 11.5. The van der Waals surface area contributed by atoms with Gasteiger partial charge in [-0.3, -0.25) is 0 Å². The lowest BCUT2D eigenvalue weighted by Crippen LogP contribution is -2.17. The molecule has 1 fully saturated rings. The summed E-state index contributed by atoms with van der Waals surface area (Å²) in [6.45, 7) is 1.92. The molecular weight excluding hydrogens is 242 g/mol. The summed E-state index contributed by atoms with van der Waals surface area (Å²) >= 11 is 4.81. The van der Waals surface area contributed by atoms with Crippen LogP contribution in [0.3, 0.4) is 0 Å². The van der Waals surface area contributed by atoms with Crippen molar-refractivity contribution >= 4 is 27.0 Å². The molecule has 1 aromatic carbocycles. The highest BCUT2D eigenvalue weighted by Gasteiger charge is 2.49. The Balaban J connectivity index is 2.28. The van der Waals surface area contributed by atoms with Gasteiger partial charge in [-0.25, -0.2) is 8.42 Å². The van der Waals surface area contributed by atoms with Gasteiger partial charge in [-0.05, 0) is 25.5 Å². The first-order valence-electron chi connectivity index (χ1n) is 5.03. The van der Waals surface area contributed by atoms with E-state index in [1.54, 1.807) is 24.3 Å². The number of sulfone groups is 1. The van der Waals surface area contributed by atoms with E-state index in [-0.39, 0.29) is 5.92 Å². The summed E-state index contributed by atoms with van der Waals surface area (Å²) in [6, 6.07) is 6.87. The van der Waals surface area contributed by atoms with Gasteiger partial charge >= 0.3 is 0 Å². The van der Waals surface area contributed by atoms with Gasteiger partial charge in [0.25, 0.3) is 0 Å². The number of thiocarbonyl (C=S) groups is 1. The van der Waals surface area contributed by atoms with Crippen LogP contribution in [0, 0.1) is 12.8 Å². The van der Waals surface area contributed by atoms with Gasteiger partial charge in [-0.2, -0.15) is 0 Å². The minimum atomic E-state index is -3.24. The molecule has 2 rings (SSSR count). The highest BCUT2D eigenvalue weighted by atomic mass is 32.2. The van der Waals surface area contributed by atoms with E-state index in [1.807, 2.05) is 6.92 Å². The van der Waals surface area contributed by atoms with Gasteiger partial charge in [0.15, 0.2) is 9.84 Å². The zero-order chi connectivity index (χ0) is 11.9. The zero-order valence-corrected chi connectivity index (χ0v) is 10.5. The molecule has 0 saturated heterocycles. The van der Waals surface area contributed by atoms with E-state index in [4.69, 9.17) is 18.0 Å². The summed E-state index contributed by atoms with van der Waals surface area (Å²) in [5, 5.41) is -0.410. The van der Waals surface area contributed by atoms with Gasteiger partial charge < -0.3 is 5.73 Å². The largest absolute Gasteiger partial charge is 0.393 e. The average Bonchev–Trinajstić information content (AvgIpc) is 2.98. The molecule has 16 heavy (non-hydrogen) atoms. The monoisotopic (exact) mass is 255 g/mol. The Bertz CT molecular complexity index is 519. The molecule has 2 N–H and O–H groups in total. The second-order valence-corrected chi connectivity index (χ2v) is 6.78. The fraction of sp³-hybridized carbons (Fsp3) is 0.364. The molecule has 1 aliphatic carbocycles. The molecule has 0 amide bonds. The quantitative estimate of drug-likeness (QED) is 0.830. The third-order valence-corrected chi connectivity index (χ3v) is 5.40. The number of hydrogen-bond acceptors (Lipinski definition) is 3. The summed E-state index contributed by atoms with van der Waals surface area (Å²) in [4.78, 5) is 0.669. The number of nitrogens with two attached hydrogens (primary N) is 1. The van der Waals surface area contributed by atoms with Gasteiger partial charge in [0, 0.05) is 5.92 Å². The van der Waals surface area contributed by atoms with E-state index >= 15 is 0 Å². The highest BCUT2D eigenvalue weighted by Crippen LogP contribution is 2.40. The van der Waals surface area contributed by atoms with Gasteiger partial charge in [0.2, 0.25) is 0 Å². The fourth-order valence-corrected chi connectivity index (χ4v) is 3.97. The Labute approximate surface area is 101 Å². The molecule has 0 aromatic heterocycles. The molecule has 5 heteroatoms. The lowest BCUT2D eigenvalue weighted by atomic mass is 10.2. The predicted octanol–water partition coefficient (Wildman–Crippen LogP) is 1.44. The standard InChI is InChI=1S/C11H13NO2S2/c1-7-2-4-8(5-3-7)16(13,14)10-6-9(10)11(12)15/h2-5,9-10H,6H2,1H3,(H2,12,15)/t9-,10-/m0/s1. The Morgan fingerprint density at radius 1 is 1.38 bits per heavy atom. The fourth-order valence-electron chi connectivity index (χ4n) is 1.72. The first-order valence-corrected chi connectivity index (χ1v) is 6.98. The number of rotatable bonds is 3. The molecule has 0 radical (unpaired) electrons. The maximum atomic E-state index is 12.1. The third kappa shape index (κ3) is 1.97.